The van der Waals surface area contributed by atoms with Crippen LogP contribution in [0, 0.1) is 0 Å². The van der Waals surface area contributed by atoms with Crippen molar-refractivity contribution in [3.63, 3.8) is 0 Å². The lowest BCUT2D eigenvalue weighted by Crippen LogP contribution is -2.34. The molecule has 0 aliphatic carbocycles. The van der Waals surface area contributed by atoms with Crippen LogP contribution in [0.25, 0.3) is 21.7 Å². The number of nitrogens with zero attached hydrogens (tertiary/aromatic N) is 3. The summed E-state index contributed by atoms with van der Waals surface area (Å²) in [5, 5.41) is 5.52. The van der Waals surface area contributed by atoms with Crippen molar-refractivity contribution in [3.8, 4) is 23.0 Å². The maximum atomic E-state index is 6.17. The zero-order chi connectivity index (χ0) is 22.6. The highest BCUT2D eigenvalue weighted by atomic mass is 35.5. The van der Waals surface area contributed by atoms with Crippen LogP contribution in [0.3, 0.4) is 0 Å². The maximum Gasteiger partial charge on any atom is 0.157 e. The van der Waals surface area contributed by atoms with Crippen molar-refractivity contribution in [2.45, 2.75) is 45.3 Å². The summed E-state index contributed by atoms with van der Waals surface area (Å²) in [6.45, 7) is 5.55. The molecule has 1 aromatic carbocycles. The highest BCUT2D eigenvalue weighted by Crippen LogP contribution is 2.30. The molecule has 0 unspecified atom stereocenters. The quantitative estimate of drug-likeness (QED) is 0.321. The lowest BCUT2D eigenvalue weighted by molar-refractivity contribution is 0.161. The zero-order valence-electron chi connectivity index (χ0n) is 19.8. The van der Waals surface area contributed by atoms with Gasteiger partial charge >= 0.3 is 0 Å². The van der Waals surface area contributed by atoms with E-state index in [1.165, 1.54) is 10.2 Å². The Kier molecular flexibility index (Phi) is 8.19. The van der Waals surface area contributed by atoms with Crippen LogP contribution in [-0.2, 0) is 20.0 Å². The molecule has 5 rings (SSSR count). The molecule has 1 aliphatic heterocycles. The normalized spacial score (nSPS) is 14.3. The number of hydrogen-bond acceptors (Lipinski definition) is 5. The average molecular weight is 501 g/mol. The molecule has 1 N–H and O–H groups in total. The second kappa shape index (κ2) is 11.3. The topological polar surface area (TPSA) is 53.2 Å². The van der Waals surface area contributed by atoms with E-state index in [-0.39, 0.29) is 18.5 Å². The summed E-state index contributed by atoms with van der Waals surface area (Å²) in [6.07, 6.45) is 6.62. The molecular weight excluding hydrogens is 468 g/mol. The van der Waals surface area contributed by atoms with Gasteiger partial charge in [0.1, 0.15) is 24.2 Å². The van der Waals surface area contributed by atoms with Gasteiger partial charge in [0.2, 0.25) is 0 Å². The van der Waals surface area contributed by atoms with Crippen molar-refractivity contribution in [2.24, 2.45) is 7.05 Å². The van der Waals surface area contributed by atoms with Gasteiger partial charge < -0.3 is 23.9 Å². The number of rotatable bonds is 9. The minimum atomic E-state index is 0. The number of ether oxygens (including phenoxy) is 2. The Morgan fingerprint density at radius 1 is 1.15 bits per heavy atom. The van der Waals surface area contributed by atoms with E-state index < -0.39 is 0 Å². The first-order valence-corrected chi connectivity index (χ1v) is 12.8. The number of hydrogen-bond donors (Lipinski definition) is 1. The van der Waals surface area contributed by atoms with Crippen molar-refractivity contribution >= 4 is 34.0 Å². The van der Waals surface area contributed by atoms with Crippen LogP contribution in [0.2, 0.25) is 0 Å². The molecule has 1 saturated heterocycles. The molecule has 4 aromatic rings. The third-order valence-corrected chi connectivity index (χ3v) is 7.07. The van der Waals surface area contributed by atoms with Gasteiger partial charge in [0, 0.05) is 19.3 Å². The van der Waals surface area contributed by atoms with Gasteiger partial charge in [-0.2, -0.15) is 0 Å². The first-order chi connectivity index (χ1) is 16.2. The van der Waals surface area contributed by atoms with Gasteiger partial charge in [0.05, 0.1) is 28.1 Å². The number of aryl methyl sites for hydroxylation is 2. The van der Waals surface area contributed by atoms with E-state index in [0.29, 0.717) is 6.61 Å². The van der Waals surface area contributed by atoms with Gasteiger partial charge in [-0.15, -0.1) is 23.7 Å². The molecule has 0 amide bonds. The van der Waals surface area contributed by atoms with E-state index in [9.17, 15) is 0 Å². The second-order valence-electron chi connectivity index (χ2n) is 8.65. The molecule has 0 bridgehead atoms. The summed E-state index contributed by atoms with van der Waals surface area (Å²) in [5.41, 5.74) is 3.54. The van der Waals surface area contributed by atoms with Gasteiger partial charge in [-0.1, -0.05) is 19.4 Å². The zero-order valence-corrected chi connectivity index (χ0v) is 21.5. The van der Waals surface area contributed by atoms with Gasteiger partial charge in [-0.3, -0.25) is 0 Å². The smallest absolute Gasteiger partial charge is 0.157 e. The van der Waals surface area contributed by atoms with Crippen LogP contribution in [0.15, 0.2) is 48.0 Å². The van der Waals surface area contributed by atoms with Crippen LogP contribution in [0.4, 0.5) is 0 Å². The van der Waals surface area contributed by atoms with E-state index in [2.05, 4.69) is 52.1 Å². The maximum absolute atomic E-state index is 6.17. The van der Waals surface area contributed by atoms with Crippen molar-refractivity contribution in [3.05, 3.63) is 53.7 Å². The molecule has 4 heterocycles. The number of nitrogens with one attached hydrogen (secondary N) is 1. The number of aromatic nitrogens is 3. The lowest BCUT2D eigenvalue weighted by Gasteiger charge is -2.24. The van der Waals surface area contributed by atoms with Crippen molar-refractivity contribution in [1.82, 2.24) is 19.4 Å². The first kappa shape index (κ1) is 24.6. The lowest BCUT2D eigenvalue weighted by atomic mass is 10.1. The summed E-state index contributed by atoms with van der Waals surface area (Å²) in [5.74, 6) is 2.74. The Bertz CT molecular complexity index is 1210. The Morgan fingerprint density at radius 3 is 2.76 bits per heavy atom. The molecule has 182 valence electrons. The Morgan fingerprint density at radius 2 is 1.97 bits per heavy atom. The van der Waals surface area contributed by atoms with E-state index in [4.69, 9.17) is 14.5 Å². The van der Waals surface area contributed by atoms with Gasteiger partial charge in [-0.05, 0) is 62.0 Å². The van der Waals surface area contributed by atoms with Crippen molar-refractivity contribution in [1.29, 1.82) is 0 Å². The van der Waals surface area contributed by atoms with E-state index >= 15 is 0 Å². The fourth-order valence-corrected chi connectivity index (χ4v) is 5.34. The Labute approximate surface area is 211 Å². The summed E-state index contributed by atoms with van der Waals surface area (Å²) in [6, 6.07) is 12.4. The first-order valence-electron chi connectivity index (χ1n) is 11.9. The van der Waals surface area contributed by atoms with Crippen molar-refractivity contribution in [2.75, 3.05) is 19.7 Å². The molecule has 3 aromatic heterocycles. The Balaban J connectivity index is 0.00000274. The third-order valence-electron chi connectivity index (χ3n) is 6.22. The summed E-state index contributed by atoms with van der Waals surface area (Å²) in [4.78, 5) is 4.98. The van der Waals surface area contributed by atoms with Crippen LogP contribution in [0.5, 0.6) is 11.5 Å². The fraction of sp³-hybridized carbons (Fsp3) is 0.423. The highest BCUT2D eigenvalue weighted by molar-refractivity contribution is 7.17. The molecule has 34 heavy (non-hydrogen) atoms. The number of benzene rings is 1. The SMILES string of the molecule is CCCc1cn(CCOc2cccc(OC3CCNCC3)c2)c(-c2cc3sccc3n2C)n1.Cl. The molecule has 1 fully saturated rings. The Hall–Kier alpha value is -2.48. The molecule has 0 atom stereocenters. The van der Waals surface area contributed by atoms with Gasteiger partial charge in [0.15, 0.2) is 5.82 Å². The standard InChI is InChI=1S/C26H32N4O2S.ClH/c1-3-5-19-18-30(26(28-19)24-17-25-23(29(24)2)10-15-33-25)13-14-31-21-6-4-7-22(16-21)32-20-8-11-27-12-9-20;/h4,6-7,10,15-18,20,27H,3,5,8-9,11-14H2,1-2H3;1H. The molecule has 0 radical (unpaired) electrons. The van der Waals surface area contributed by atoms with E-state index in [1.54, 1.807) is 11.3 Å². The van der Waals surface area contributed by atoms with E-state index in [0.717, 1.165) is 74.0 Å². The van der Waals surface area contributed by atoms with Gasteiger partial charge in [-0.25, -0.2) is 4.98 Å². The molecule has 0 spiro atoms. The average Bonchev–Trinajstić information content (AvgIpc) is 3.52. The second-order valence-corrected chi connectivity index (χ2v) is 9.60. The van der Waals surface area contributed by atoms with Crippen LogP contribution >= 0.6 is 23.7 Å². The van der Waals surface area contributed by atoms with E-state index in [1.807, 2.05) is 24.3 Å². The number of imidazole rings is 1. The van der Waals surface area contributed by atoms with Crippen LogP contribution in [0.1, 0.15) is 31.9 Å². The molecular formula is C26H33ClN4O2S. The fourth-order valence-electron chi connectivity index (χ4n) is 4.49. The number of thiophene rings is 1. The highest BCUT2D eigenvalue weighted by Gasteiger charge is 2.17. The molecule has 1 aliphatic rings. The number of fused-ring (bicyclic) bond motifs is 1. The number of halogens is 1. The molecule has 6 nitrogen and oxygen atoms in total. The molecule has 0 saturated carbocycles. The minimum absolute atomic E-state index is 0. The minimum Gasteiger partial charge on any atom is -0.492 e. The summed E-state index contributed by atoms with van der Waals surface area (Å²) >= 11 is 1.77. The van der Waals surface area contributed by atoms with Crippen LogP contribution < -0.4 is 14.8 Å². The monoisotopic (exact) mass is 500 g/mol. The molecule has 8 heteroatoms. The third kappa shape index (κ3) is 5.43. The van der Waals surface area contributed by atoms with Gasteiger partial charge in [0.25, 0.3) is 0 Å². The summed E-state index contributed by atoms with van der Waals surface area (Å²) < 4.78 is 18.1. The predicted molar refractivity (Wildman–Crippen MR) is 142 cm³/mol. The predicted octanol–water partition coefficient (Wildman–Crippen LogP) is 5.69. The van der Waals surface area contributed by atoms with Crippen molar-refractivity contribution < 1.29 is 9.47 Å². The summed E-state index contributed by atoms with van der Waals surface area (Å²) in [7, 11) is 2.12. The van der Waals surface area contributed by atoms with Crippen LogP contribution in [-0.4, -0.2) is 39.9 Å². The number of piperidine rings is 1. The largest absolute Gasteiger partial charge is 0.492 e.